The average Bonchev–Trinajstić information content (AvgIpc) is 2.26. The van der Waals surface area contributed by atoms with E-state index in [1.807, 2.05) is 13.8 Å². The molecule has 0 aromatic heterocycles. The van der Waals surface area contributed by atoms with Crippen LogP contribution >= 0.6 is 0 Å². The largest absolute Gasteiger partial charge is 0.494 e. The highest BCUT2D eigenvalue weighted by molar-refractivity contribution is 6.00. The van der Waals surface area contributed by atoms with Gasteiger partial charge >= 0.3 is 0 Å². The van der Waals surface area contributed by atoms with Gasteiger partial charge in [-0.1, -0.05) is 13.8 Å². The lowest BCUT2D eigenvalue weighted by Crippen LogP contribution is -2.35. The van der Waals surface area contributed by atoms with Crippen LogP contribution in [0, 0.1) is 11.7 Å². The molecule has 0 amide bonds. The minimum Gasteiger partial charge on any atom is -0.494 e. The van der Waals surface area contributed by atoms with E-state index in [1.165, 1.54) is 19.2 Å². The second-order valence-corrected chi connectivity index (χ2v) is 3.98. The van der Waals surface area contributed by atoms with Crippen LogP contribution in [-0.4, -0.2) is 18.9 Å². The Balaban J connectivity index is 2.97. The molecular formula is C12H16FNO2. The van der Waals surface area contributed by atoms with Crippen molar-refractivity contribution in [2.24, 2.45) is 11.7 Å². The third kappa shape index (κ3) is 2.58. The Bertz CT molecular complexity index is 391. The number of methoxy groups -OCH3 is 1. The number of rotatable bonds is 4. The molecule has 0 saturated heterocycles. The SMILES string of the molecule is COc1ccc(C(=O)C(N)C(C)C)cc1F. The summed E-state index contributed by atoms with van der Waals surface area (Å²) in [6, 6.07) is 3.50. The van der Waals surface area contributed by atoms with E-state index in [0.717, 1.165) is 6.07 Å². The van der Waals surface area contributed by atoms with Crippen LogP contribution in [-0.2, 0) is 0 Å². The molecule has 1 aromatic carbocycles. The summed E-state index contributed by atoms with van der Waals surface area (Å²) >= 11 is 0. The highest BCUT2D eigenvalue weighted by atomic mass is 19.1. The Morgan fingerprint density at radius 1 is 1.44 bits per heavy atom. The summed E-state index contributed by atoms with van der Waals surface area (Å²) in [5, 5.41) is 0. The number of hydrogen-bond donors (Lipinski definition) is 1. The number of carbonyl (C=O) groups is 1. The first-order chi connectivity index (χ1) is 7.47. The van der Waals surface area contributed by atoms with Crippen molar-refractivity contribution in [1.29, 1.82) is 0 Å². The lowest BCUT2D eigenvalue weighted by atomic mass is 9.96. The third-order valence-electron chi connectivity index (χ3n) is 2.46. The topological polar surface area (TPSA) is 52.3 Å². The van der Waals surface area contributed by atoms with Crippen LogP contribution in [0.1, 0.15) is 24.2 Å². The standard InChI is InChI=1S/C12H16FNO2/c1-7(2)11(14)12(15)8-4-5-10(16-3)9(13)6-8/h4-7,11H,14H2,1-3H3. The molecule has 0 saturated carbocycles. The first kappa shape index (κ1) is 12.6. The Labute approximate surface area is 94.4 Å². The van der Waals surface area contributed by atoms with Crippen molar-refractivity contribution in [2.45, 2.75) is 19.9 Å². The predicted octanol–water partition coefficient (Wildman–Crippen LogP) is 2.00. The lowest BCUT2D eigenvalue weighted by Gasteiger charge is -2.14. The summed E-state index contributed by atoms with van der Waals surface area (Å²) in [4.78, 5) is 11.8. The summed E-state index contributed by atoms with van der Waals surface area (Å²) < 4.78 is 18.1. The van der Waals surface area contributed by atoms with Gasteiger partial charge in [0.2, 0.25) is 0 Å². The molecule has 1 unspecified atom stereocenters. The summed E-state index contributed by atoms with van der Waals surface area (Å²) in [6.07, 6.45) is 0. The van der Waals surface area contributed by atoms with E-state index in [1.54, 1.807) is 0 Å². The summed E-state index contributed by atoms with van der Waals surface area (Å²) in [6.45, 7) is 3.70. The molecule has 0 radical (unpaired) electrons. The van der Waals surface area contributed by atoms with E-state index in [0.29, 0.717) is 0 Å². The zero-order valence-electron chi connectivity index (χ0n) is 9.66. The van der Waals surface area contributed by atoms with E-state index in [-0.39, 0.29) is 23.0 Å². The number of ether oxygens (including phenoxy) is 1. The third-order valence-corrected chi connectivity index (χ3v) is 2.46. The van der Waals surface area contributed by atoms with Crippen molar-refractivity contribution in [1.82, 2.24) is 0 Å². The quantitative estimate of drug-likeness (QED) is 0.797. The van der Waals surface area contributed by atoms with Crippen molar-refractivity contribution in [3.8, 4) is 5.75 Å². The molecule has 0 heterocycles. The normalized spacial score (nSPS) is 12.6. The number of Topliss-reactive ketones (excluding diaryl/α,β-unsaturated/α-hetero) is 1. The number of carbonyl (C=O) groups excluding carboxylic acids is 1. The van der Waals surface area contributed by atoms with Gasteiger partial charge in [0.15, 0.2) is 17.3 Å². The van der Waals surface area contributed by atoms with E-state index in [9.17, 15) is 9.18 Å². The molecule has 0 spiro atoms. The molecule has 2 N–H and O–H groups in total. The second-order valence-electron chi connectivity index (χ2n) is 3.98. The maximum absolute atomic E-state index is 13.4. The highest BCUT2D eigenvalue weighted by Crippen LogP contribution is 2.19. The van der Waals surface area contributed by atoms with Crippen molar-refractivity contribution in [2.75, 3.05) is 7.11 Å². The van der Waals surface area contributed by atoms with Crippen LogP contribution in [0.25, 0.3) is 0 Å². The molecule has 0 aliphatic rings. The average molecular weight is 225 g/mol. The molecule has 1 aromatic rings. The van der Waals surface area contributed by atoms with Crippen LogP contribution in [0.3, 0.4) is 0 Å². The molecule has 1 rings (SSSR count). The van der Waals surface area contributed by atoms with Crippen LogP contribution in [0.2, 0.25) is 0 Å². The van der Waals surface area contributed by atoms with Crippen LogP contribution in [0.5, 0.6) is 5.75 Å². The zero-order valence-corrected chi connectivity index (χ0v) is 9.66. The fourth-order valence-corrected chi connectivity index (χ4v) is 1.31. The molecule has 4 heteroatoms. The molecule has 0 fully saturated rings. The van der Waals surface area contributed by atoms with Gasteiger partial charge in [-0.2, -0.15) is 0 Å². The molecule has 0 aliphatic carbocycles. The summed E-state index contributed by atoms with van der Waals surface area (Å²) in [7, 11) is 1.37. The van der Waals surface area contributed by atoms with E-state index in [4.69, 9.17) is 10.5 Å². The fraction of sp³-hybridized carbons (Fsp3) is 0.417. The van der Waals surface area contributed by atoms with Gasteiger partial charge in [-0.3, -0.25) is 4.79 Å². The predicted molar refractivity (Wildman–Crippen MR) is 60.1 cm³/mol. The number of hydrogen-bond acceptors (Lipinski definition) is 3. The number of benzene rings is 1. The molecule has 0 bridgehead atoms. The van der Waals surface area contributed by atoms with Gasteiger partial charge in [-0.25, -0.2) is 4.39 Å². The van der Waals surface area contributed by atoms with Crippen LogP contribution in [0.15, 0.2) is 18.2 Å². The second kappa shape index (κ2) is 5.07. The first-order valence-corrected chi connectivity index (χ1v) is 5.10. The fourth-order valence-electron chi connectivity index (χ4n) is 1.31. The first-order valence-electron chi connectivity index (χ1n) is 5.10. The van der Waals surface area contributed by atoms with Crippen molar-refractivity contribution in [3.63, 3.8) is 0 Å². The summed E-state index contributed by atoms with van der Waals surface area (Å²) in [5.74, 6) is -0.659. The highest BCUT2D eigenvalue weighted by Gasteiger charge is 2.20. The van der Waals surface area contributed by atoms with Gasteiger partial charge in [0.25, 0.3) is 0 Å². The van der Waals surface area contributed by atoms with Gasteiger partial charge < -0.3 is 10.5 Å². The van der Waals surface area contributed by atoms with Gasteiger partial charge in [0.05, 0.1) is 13.2 Å². The Morgan fingerprint density at radius 3 is 2.50 bits per heavy atom. The monoisotopic (exact) mass is 225 g/mol. The lowest BCUT2D eigenvalue weighted by molar-refractivity contribution is 0.0940. The number of nitrogens with two attached hydrogens (primary N) is 1. The van der Waals surface area contributed by atoms with E-state index < -0.39 is 11.9 Å². The smallest absolute Gasteiger partial charge is 0.179 e. The Kier molecular flexibility index (Phi) is 4.01. The summed E-state index contributed by atoms with van der Waals surface area (Å²) in [5.41, 5.74) is 5.99. The van der Waals surface area contributed by atoms with Crippen LogP contribution < -0.4 is 10.5 Å². The number of ketones is 1. The zero-order chi connectivity index (χ0) is 12.3. The van der Waals surface area contributed by atoms with Crippen LogP contribution in [0.4, 0.5) is 4.39 Å². The Hall–Kier alpha value is -1.42. The van der Waals surface area contributed by atoms with Gasteiger partial charge in [0.1, 0.15) is 0 Å². The molecule has 1 atom stereocenters. The van der Waals surface area contributed by atoms with Crippen molar-refractivity contribution in [3.05, 3.63) is 29.6 Å². The van der Waals surface area contributed by atoms with E-state index >= 15 is 0 Å². The van der Waals surface area contributed by atoms with Gasteiger partial charge in [0, 0.05) is 5.56 Å². The van der Waals surface area contributed by atoms with Crippen molar-refractivity contribution >= 4 is 5.78 Å². The number of halogens is 1. The maximum Gasteiger partial charge on any atom is 0.179 e. The molecular weight excluding hydrogens is 209 g/mol. The van der Waals surface area contributed by atoms with Gasteiger partial charge in [-0.15, -0.1) is 0 Å². The minimum absolute atomic E-state index is 0.0256. The minimum atomic E-state index is -0.604. The maximum atomic E-state index is 13.4. The van der Waals surface area contributed by atoms with E-state index in [2.05, 4.69) is 0 Å². The Morgan fingerprint density at radius 2 is 2.06 bits per heavy atom. The molecule has 3 nitrogen and oxygen atoms in total. The van der Waals surface area contributed by atoms with Gasteiger partial charge in [-0.05, 0) is 24.1 Å². The van der Waals surface area contributed by atoms with Crippen molar-refractivity contribution < 1.29 is 13.9 Å². The molecule has 16 heavy (non-hydrogen) atoms. The molecule has 0 aliphatic heterocycles. The molecule has 88 valence electrons.